The van der Waals surface area contributed by atoms with E-state index in [0.717, 1.165) is 0 Å². The van der Waals surface area contributed by atoms with E-state index in [1.807, 2.05) is 0 Å². The fourth-order valence-corrected chi connectivity index (χ4v) is 2.23. The van der Waals surface area contributed by atoms with Crippen molar-refractivity contribution in [3.05, 3.63) is 23.0 Å². The Balaban J connectivity index is 3.30. The van der Waals surface area contributed by atoms with Crippen LogP contribution in [0, 0.1) is 11.3 Å². The van der Waals surface area contributed by atoms with Crippen LogP contribution in [0.3, 0.4) is 0 Å². The molecule has 0 heterocycles. The van der Waals surface area contributed by atoms with Crippen LogP contribution >= 0.6 is 0 Å². The Morgan fingerprint density at radius 1 is 1.35 bits per heavy atom. The molecule has 0 bridgehead atoms. The van der Waals surface area contributed by atoms with Gasteiger partial charge in [0.05, 0.1) is 0 Å². The molecule has 3 heteroatoms. The van der Waals surface area contributed by atoms with E-state index < -0.39 is 16.9 Å². The number of hydrogen-bond donors (Lipinski definition) is 2. The Hall–Kier alpha value is -1.09. The molecule has 0 saturated carbocycles. The normalized spacial score (nSPS) is 30.3. The van der Waals surface area contributed by atoms with Gasteiger partial charge in [0.2, 0.25) is 0 Å². The molecule has 2 unspecified atom stereocenters. The van der Waals surface area contributed by atoms with Gasteiger partial charge in [0.15, 0.2) is 5.78 Å². The van der Waals surface area contributed by atoms with Gasteiger partial charge < -0.3 is 10.2 Å². The van der Waals surface area contributed by atoms with E-state index in [9.17, 15) is 15.0 Å². The van der Waals surface area contributed by atoms with Crippen molar-refractivity contribution in [3.63, 3.8) is 0 Å². The molecule has 96 valence electrons. The minimum atomic E-state index is -1.52. The lowest BCUT2D eigenvalue weighted by atomic mass is 9.69. The van der Waals surface area contributed by atoms with E-state index in [1.165, 1.54) is 6.08 Å². The monoisotopic (exact) mass is 238 g/mol. The number of aliphatic hydroxyl groups excluding tert-OH is 1. The molecule has 0 aromatic rings. The third-order valence-electron chi connectivity index (χ3n) is 3.54. The number of ketones is 1. The number of carbonyl (C=O) groups is 1. The van der Waals surface area contributed by atoms with Crippen molar-refractivity contribution >= 4 is 5.78 Å². The van der Waals surface area contributed by atoms with Crippen LogP contribution in [-0.4, -0.2) is 21.6 Å². The zero-order chi connectivity index (χ0) is 13.6. The minimum Gasteiger partial charge on any atom is -0.508 e. The van der Waals surface area contributed by atoms with E-state index in [0.29, 0.717) is 11.1 Å². The minimum absolute atomic E-state index is 0.184. The second-order valence-electron chi connectivity index (χ2n) is 5.99. The van der Waals surface area contributed by atoms with Crippen LogP contribution in [-0.2, 0) is 4.79 Å². The topological polar surface area (TPSA) is 57.5 Å². The number of hydrogen-bond acceptors (Lipinski definition) is 3. The zero-order valence-electron chi connectivity index (χ0n) is 11.5. The van der Waals surface area contributed by atoms with E-state index in [2.05, 4.69) is 0 Å². The summed E-state index contributed by atoms with van der Waals surface area (Å²) >= 11 is 0. The lowest BCUT2D eigenvalue weighted by Gasteiger charge is -2.38. The maximum atomic E-state index is 12.4. The lowest BCUT2D eigenvalue weighted by Crippen LogP contribution is -2.50. The van der Waals surface area contributed by atoms with E-state index in [-0.39, 0.29) is 11.5 Å². The summed E-state index contributed by atoms with van der Waals surface area (Å²) in [5, 5.41) is 20.5. The summed E-state index contributed by atoms with van der Waals surface area (Å²) in [5.74, 6) is -0.439. The molecule has 1 aliphatic carbocycles. The first-order valence-electron chi connectivity index (χ1n) is 5.88. The maximum Gasteiger partial charge on any atom is 0.174 e. The van der Waals surface area contributed by atoms with Crippen LogP contribution in [0.1, 0.15) is 41.5 Å². The van der Waals surface area contributed by atoms with Gasteiger partial charge in [-0.15, -0.1) is 0 Å². The Morgan fingerprint density at radius 2 is 1.82 bits per heavy atom. The van der Waals surface area contributed by atoms with Gasteiger partial charge in [0, 0.05) is 11.3 Å². The average molecular weight is 238 g/mol. The van der Waals surface area contributed by atoms with Gasteiger partial charge in [-0.05, 0) is 31.1 Å². The molecule has 3 nitrogen and oxygen atoms in total. The molecule has 0 aliphatic heterocycles. The molecule has 1 rings (SSSR count). The van der Waals surface area contributed by atoms with Crippen LogP contribution in [0.2, 0.25) is 0 Å². The average Bonchev–Trinajstić information content (AvgIpc) is 2.21. The van der Waals surface area contributed by atoms with E-state index in [1.54, 1.807) is 41.5 Å². The van der Waals surface area contributed by atoms with Gasteiger partial charge in [-0.3, -0.25) is 4.79 Å². The van der Waals surface area contributed by atoms with Crippen LogP contribution in [0.4, 0.5) is 0 Å². The summed E-state index contributed by atoms with van der Waals surface area (Å²) in [4.78, 5) is 12.4. The summed E-state index contributed by atoms with van der Waals surface area (Å²) in [6.45, 7) is 10.6. The highest BCUT2D eigenvalue weighted by Gasteiger charge is 2.47. The van der Waals surface area contributed by atoms with Crippen molar-refractivity contribution in [1.29, 1.82) is 0 Å². The second-order valence-corrected chi connectivity index (χ2v) is 5.99. The van der Waals surface area contributed by atoms with Crippen molar-refractivity contribution in [1.82, 2.24) is 0 Å². The van der Waals surface area contributed by atoms with Crippen LogP contribution < -0.4 is 0 Å². The van der Waals surface area contributed by atoms with Gasteiger partial charge >= 0.3 is 0 Å². The smallest absolute Gasteiger partial charge is 0.174 e. The number of aliphatic hydroxyl groups is 2. The number of allylic oxidation sites excluding steroid dienone is 1. The maximum absolute atomic E-state index is 12.4. The predicted molar refractivity (Wildman–Crippen MR) is 67.7 cm³/mol. The van der Waals surface area contributed by atoms with E-state index in [4.69, 9.17) is 0 Å². The molecule has 1 aliphatic rings. The quantitative estimate of drug-likeness (QED) is 0.738. The molecule has 0 radical (unpaired) electrons. The first kappa shape index (κ1) is 14.0. The second kappa shape index (κ2) is 3.98. The first-order chi connectivity index (χ1) is 7.51. The molecular weight excluding hydrogens is 216 g/mol. The highest BCUT2D eigenvalue weighted by atomic mass is 16.3. The first-order valence-corrected chi connectivity index (χ1v) is 5.88. The molecule has 2 N–H and O–H groups in total. The fourth-order valence-electron chi connectivity index (χ4n) is 2.23. The number of carbonyl (C=O) groups excluding carboxylic acids is 1. The summed E-state index contributed by atoms with van der Waals surface area (Å²) < 4.78 is 0. The Bertz CT molecular complexity index is 410. The molecule has 0 spiro atoms. The van der Waals surface area contributed by atoms with Gasteiger partial charge in [-0.25, -0.2) is 0 Å². The molecule has 0 aromatic carbocycles. The molecule has 0 aromatic heterocycles. The summed E-state index contributed by atoms with van der Waals surface area (Å²) in [6.07, 6.45) is 1.48. The summed E-state index contributed by atoms with van der Waals surface area (Å²) in [5.41, 5.74) is -0.920. The number of Topliss-reactive ketones (excluding diaryl/α,β-unsaturated/α-hetero) is 1. The molecule has 2 atom stereocenters. The highest BCUT2D eigenvalue weighted by Crippen LogP contribution is 2.39. The van der Waals surface area contributed by atoms with Crippen LogP contribution in [0.5, 0.6) is 0 Å². The number of rotatable bonds is 1. The third-order valence-corrected chi connectivity index (χ3v) is 3.54. The zero-order valence-corrected chi connectivity index (χ0v) is 11.5. The molecule has 17 heavy (non-hydrogen) atoms. The standard InChI is InChI=1S/C14H22O3/c1-8-7-14(17,12(16)13(4,5)6)10(3)9(2)11(8)15/h7,10,15,17H,1-6H3. The van der Waals surface area contributed by atoms with Crippen molar-refractivity contribution in [3.8, 4) is 0 Å². The SMILES string of the molecule is CC1=CC(O)(C(=O)C(C)(C)C)C(C)C(C)=C1O. The van der Waals surface area contributed by atoms with Gasteiger partial charge in [0.25, 0.3) is 0 Å². The Labute approximate surface area is 103 Å². The Kier molecular flexibility index (Phi) is 3.27. The van der Waals surface area contributed by atoms with Gasteiger partial charge in [-0.2, -0.15) is 0 Å². The van der Waals surface area contributed by atoms with Crippen molar-refractivity contribution < 1.29 is 15.0 Å². The molecule has 0 fully saturated rings. The summed E-state index contributed by atoms with van der Waals surface area (Å²) in [6, 6.07) is 0. The van der Waals surface area contributed by atoms with Gasteiger partial charge in [-0.1, -0.05) is 27.7 Å². The molecule has 0 saturated heterocycles. The highest BCUT2D eigenvalue weighted by molar-refractivity contribution is 5.94. The van der Waals surface area contributed by atoms with Crippen molar-refractivity contribution in [2.45, 2.75) is 47.1 Å². The van der Waals surface area contributed by atoms with Gasteiger partial charge in [0.1, 0.15) is 11.4 Å². The predicted octanol–water partition coefficient (Wildman–Crippen LogP) is 2.76. The van der Waals surface area contributed by atoms with Crippen molar-refractivity contribution in [2.24, 2.45) is 11.3 Å². The van der Waals surface area contributed by atoms with Crippen LogP contribution in [0.15, 0.2) is 23.0 Å². The lowest BCUT2D eigenvalue weighted by molar-refractivity contribution is -0.144. The third kappa shape index (κ3) is 2.16. The van der Waals surface area contributed by atoms with Crippen molar-refractivity contribution in [2.75, 3.05) is 0 Å². The summed E-state index contributed by atoms with van der Waals surface area (Å²) in [7, 11) is 0. The largest absolute Gasteiger partial charge is 0.508 e. The molecular formula is C14H22O3. The Morgan fingerprint density at radius 3 is 2.24 bits per heavy atom. The van der Waals surface area contributed by atoms with E-state index >= 15 is 0 Å². The fraction of sp³-hybridized carbons (Fsp3) is 0.643. The van der Waals surface area contributed by atoms with Crippen LogP contribution in [0.25, 0.3) is 0 Å². The molecule has 0 amide bonds.